The molecule has 1 aromatic rings. The second-order valence-electron chi connectivity index (χ2n) is 4.25. The quantitative estimate of drug-likeness (QED) is 0.697. The number of methoxy groups -OCH3 is 1. The van der Waals surface area contributed by atoms with Crippen LogP contribution in [-0.2, 0) is 6.42 Å². The third kappa shape index (κ3) is 5.18. The highest BCUT2D eigenvalue weighted by atomic mass is 16.5. The van der Waals surface area contributed by atoms with E-state index < -0.39 is 0 Å². The smallest absolute Gasteiger partial charge is 0.315 e. The van der Waals surface area contributed by atoms with Crippen LogP contribution in [0.5, 0.6) is 5.75 Å². The predicted molar refractivity (Wildman–Crippen MR) is 74.4 cm³/mol. The Kier molecular flexibility index (Phi) is 6.74. The molecule has 0 aliphatic rings. The van der Waals surface area contributed by atoms with E-state index in [0.717, 1.165) is 11.3 Å². The van der Waals surface area contributed by atoms with E-state index in [4.69, 9.17) is 9.84 Å². The number of rotatable bonds is 7. The Hall–Kier alpha value is -1.75. The molecule has 1 rings (SSSR count). The summed E-state index contributed by atoms with van der Waals surface area (Å²) in [6, 6.07) is 7.28. The molecule has 2 amide bonds. The Morgan fingerprint density at radius 3 is 2.79 bits per heavy atom. The zero-order valence-corrected chi connectivity index (χ0v) is 11.5. The number of aliphatic hydroxyl groups excluding tert-OH is 1. The second kappa shape index (κ2) is 8.37. The summed E-state index contributed by atoms with van der Waals surface area (Å²) in [5.74, 6) is 0.825. The summed E-state index contributed by atoms with van der Waals surface area (Å²) < 4.78 is 5.24. The van der Waals surface area contributed by atoms with Gasteiger partial charge in [-0.3, -0.25) is 0 Å². The van der Waals surface area contributed by atoms with Crippen molar-refractivity contribution in [3.63, 3.8) is 0 Å². The highest BCUT2D eigenvalue weighted by Crippen LogP contribution is 2.17. The minimum Gasteiger partial charge on any atom is -0.496 e. The van der Waals surface area contributed by atoms with Gasteiger partial charge in [0, 0.05) is 6.54 Å². The topological polar surface area (TPSA) is 70.6 Å². The first-order valence-electron chi connectivity index (χ1n) is 6.48. The highest BCUT2D eigenvalue weighted by Gasteiger charge is 2.08. The molecule has 0 spiro atoms. The number of para-hydroxylation sites is 1. The average Bonchev–Trinajstić information content (AvgIpc) is 2.45. The fraction of sp³-hybridized carbons (Fsp3) is 0.500. The van der Waals surface area contributed by atoms with Crippen molar-refractivity contribution in [1.29, 1.82) is 0 Å². The molecule has 0 fully saturated rings. The average molecular weight is 266 g/mol. The Labute approximate surface area is 114 Å². The van der Waals surface area contributed by atoms with Crippen LogP contribution >= 0.6 is 0 Å². The van der Waals surface area contributed by atoms with Crippen LogP contribution in [0.1, 0.15) is 18.9 Å². The summed E-state index contributed by atoms with van der Waals surface area (Å²) >= 11 is 0. The van der Waals surface area contributed by atoms with E-state index in [1.54, 1.807) is 7.11 Å². The molecule has 0 aromatic heterocycles. The van der Waals surface area contributed by atoms with E-state index >= 15 is 0 Å². The molecule has 1 aromatic carbocycles. The number of hydrogen-bond acceptors (Lipinski definition) is 3. The summed E-state index contributed by atoms with van der Waals surface area (Å²) in [6.45, 7) is 2.39. The first-order chi connectivity index (χ1) is 9.21. The van der Waals surface area contributed by atoms with Gasteiger partial charge in [-0.1, -0.05) is 25.1 Å². The van der Waals surface area contributed by atoms with Crippen molar-refractivity contribution >= 4 is 6.03 Å². The second-order valence-corrected chi connectivity index (χ2v) is 4.25. The minimum atomic E-state index is -0.254. The van der Waals surface area contributed by atoms with E-state index in [9.17, 15) is 4.79 Å². The lowest BCUT2D eigenvalue weighted by Crippen LogP contribution is -2.44. The molecule has 0 heterocycles. The number of hydrogen-bond donors (Lipinski definition) is 3. The van der Waals surface area contributed by atoms with E-state index in [0.29, 0.717) is 19.4 Å². The fourth-order valence-electron chi connectivity index (χ4n) is 1.73. The maximum Gasteiger partial charge on any atom is 0.315 e. The van der Waals surface area contributed by atoms with Gasteiger partial charge in [-0.2, -0.15) is 0 Å². The van der Waals surface area contributed by atoms with Gasteiger partial charge in [0.05, 0.1) is 19.8 Å². The fourth-order valence-corrected chi connectivity index (χ4v) is 1.73. The first-order valence-corrected chi connectivity index (χ1v) is 6.48. The standard InChI is InChI=1S/C14H22N2O3/c1-3-12(10-17)16-14(18)15-9-8-11-6-4-5-7-13(11)19-2/h4-7,12,17H,3,8-10H2,1-2H3,(H2,15,16,18). The molecule has 106 valence electrons. The van der Waals surface area contributed by atoms with Crippen molar-refractivity contribution in [3.05, 3.63) is 29.8 Å². The van der Waals surface area contributed by atoms with Gasteiger partial charge in [-0.05, 0) is 24.5 Å². The summed E-state index contributed by atoms with van der Waals surface area (Å²) in [7, 11) is 1.63. The molecule has 0 aliphatic carbocycles. The van der Waals surface area contributed by atoms with Crippen LogP contribution in [-0.4, -0.2) is 37.4 Å². The number of carbonyl (C=O) groups is 1. The number of ether oxygens (including phenoxy) is 1. The number of nitrogens with one attached hydrogen (secondary N) is 2. The van der Waals surface area contributed by atoms with Crippen LogP contribution in [0.4, 0.5) is 4.79 Å². The highest BCUT2D eigenvalue weighted by molar-refractivity contribution is 5.74. The third-order valence-corrected chi connectivity index (χ3v) is 2.92. The largest absolute Gasteiger partial charge is 0.496 e. The van der Waals surface area contributed by atoms with Gasteiger partial charge in [0.2, 0.25) is 0 Å². The first kappa shape index (κ1) is 15.3. The predicted octanol–water partition coefficient (Wildman–Crippen LogP) is 1.31. The number of carbonyl (C=O) groups excluding carboxylic acids is 1. The van der Waals surface area contributed by atoms with Gasteiger partial charge >= 0.3 is 6.03 Å². The van der Waals surface area contributed by atoms with Gasteiger partial charge in [-0.15, -0.1) is 0 Å². The molecule has 5 nitrogen and oxygen atoms in total. The molecule has 5 heteroatoms. The van der Waals surface area contributed by atoms with Crippen molar-refractivity contribution in [2.75, 3.05) is 20.3 Å². The molecule has 1 atom stereocenters. The maximum atomic E-state index is 11.6. The summed E-state index contributed by atoms with van der Waals surface area (Å²) in [6.07, 6.45) is 1.41. The Morgan fingerprint density at radius 2 is 2.16 bits per heavy atom. The number of benzene rings is 1. The molecule has 0 aliphatic heterocycles. The molecular weight excluding hydrogens is 244 g/mol. The van der Waals surface area contributed by atoms with Gasteiger partial charge in [0.15, 0.2) is 0 Å². The van der Waals surface area contributed by atoms with Gasteiger partial charge in [-0.25, -0.2) is 4.79 Å². The lowest BCUT2D eigenvalue weighted by Gasteiger charge is -2.15. The summed E-state index contributed by atoms with van der Waals surface area (Å²) in [4.78, 5) is 11.6. The van der Waals surface area contributed by atoms with Crippen LogP contribution in [0.3, 0.4) is 0 Å². The number of amides is 2. The SMILES string of the molecule is CCC(CO)NC(=O)NCCc1ccccc1OC. The monoisotopic (exact) mass is 266 g/mol. The van der Waals surface area contributed by atoms with Crippen molar-refractivity contribution in [3.8, 4) is 5.75 Å². The van der Waals surface area contributed by atoms with E-state index in [1.165, 1.54) is 0 Å². The minimum absolute atomic E-state index is 0.0452. The van der Waals surface area contributed by atoms with Gasteiger partial charge in [0.25, 0.3) is 0 Å². The molecule has 1 unspecified atom stereocenters. The van der Waals surface area contributed by atoms with Gasteiger partial charge in [0.1, 0.15) is 5.75 Å². The number of urea groups is 1. The Balaban J connectivity index is 2.35. The maximum absolute atomic E-state index is 11.6. The molecule has 0 bridgehead atoms. The lowest BCUT2D eigenvalue weighted by atomic mass is 10.1. The molecule has 0 saturated heterocycles. The summed E-state index contributed by atoms with van der Waals surface area (Å²) in [5.41, 5.74) is 1.06. The van der Waals surface area contributed by atoms with Crippen molar-refractivity contribution < 1.29 is 14.6 Å². The third-order valence-electron chi connectivity index (χ3n) is 2.92. The van der Waals surface area contributed by atoms with Gasteiger partial charge < -0.3 is 20.5 Å². The lowest BCUT2D eigenvalue weighted by molar-refractivity contribution is 0.214. The molecular formula is C14H22N2O3. The molecule has 19 heavy (non-hydrogen) atoms. The van der Waals surface area contributed by atoms with E-state index in [1.807, 2.05) is 31.2 Å². The van der Waals surface area contributed by atoms with Crippen LogP contribution in [0.2, 0.25) is 0 Å². The van der Waals surface area contributed by atoms with Crippen molar-refractivity contribution in [2.24, 2.45) is 0 Å². The molecule has 3 N–H and O–H groups in total. The van der Waals surface area contributed by atoms with Crippen molar-refractivity contribution in [2.45, 2.75) is 25.8 Å². The summed E-state index contributed by atoms with van der Waals surface area (Å²) in [5, 5.41) is 14.5. The Morgan fingerprint density at radius 1 is 1.42 bits per heavy atom. The Bertz CT molecular complexity index is 392. The number of aliphatic hydroxyl groups is 1. The molecule has 0 radical (unpaired) electrons. The zero-order valence-electron chi connectivity index (χ0n) is 11.5. The van der Waals surface area contributed by atoms with Crippen LogP contribution in [0, 0.1) is 0 Å². The molecule has 0 saturated carbocycles. The normalized spacial score (nSPS) is 11.7. The zero-order chi connectivity index (χ0) is 14.1. The van der Waals surface area contributed by atoms with Crippen LogP contribution in [0.15, 0.2) is 24.3 Å². The van der Waals surface area contributed by atoms with Crippen LogP contribution < -0.4 is 15.4 Å². The van der Waals surface area contributed by atoms with Crippen molar-refractivity contribution in [1.82, 2.24) is 10.6 Å². The van der Waals surface area contributed by atoms with E-state index in [2.05, 4.69) is 10.6 Å². The van der Waals surface area contributed by atoms with E-state index in [-0.39, 0.29) is 18.7 Å². The van der Waals surface area contributed by atoms with Crippen LogP contribution in [0.25, 0.3) is 0 Å².